The van der Waals surface area contributed by atoms with E-state index in [1.807, 2.05) is 47.3 Å². The summed E-state index contributed by atoms with van der Waals surface area (Å²) in [6, 6.07) is 20.3. The molecule has 0 radical (unpaired) electrons. The molecule has 1 heterocycles. The largest absolute Gasteiger partial charge is 0.469 e. The summed E-state index contributed by atoms with van der Waals surface area (Å²) in [6.07, 6.45) is 3.67. The van der Waals surface area contributed by atoms with E-state index < -0.39 is 0 Å². The summed E-state index contributed by atoms with van der Waals surface area (Å²) in [7, 11) is 1.46. The lowest BCUT2D eigenvalue weighted by molar-refractivity contribution is -0.142. The fraction of sp³-hybridized carbons (Fsp3) is 0.200. The first-order chi connectivity index (χ1) is 11.8. The third-order valence-electron chi connectivity index (χ3n) is 4.72. The molecule has 4 nitrogen and oxygen atoms in total. The van der Waals surface area contributed by atoms with Gasteiger partial charge in [-0.3, -0.25) is 4.79 Å². The third kappa shape index (κ3) is 2.50. The number of ether oxygens (including phenoxy) is 1. The molecule has 1 fully saturated rings. The van der Waals surface area contributed by atoms with Crippen molar-refractivity contribution in [2.45, 2.75) is 11.8 Å². The average Bonchev–Trinajstić information content (AvgIpc) is 3.15. The molecule has 0 aliphatic heterocycles. The quantitative estimate of drug-likeness (QED) is 0.691. The Bertz CT molecular complexity index is 826. The van der Waals surface area contributed by atoms with E-state index in [-0.39, 0.29) is 23.7 Å². The summed E-state index contributed by atoms with van der Waals surface area (Å²) in [5.74, 6) is 0.124. The maximum Gasteiger partial charge on any atom is 0.309 e. The Hall–Kier alpha value is -2.88. The van der Waals surface area contributed by atoms with Gasteiger partial charge in [-0.05, 0) is 29.3 Å². The van der Waals surface area contributed by atoms with Crippen LogP contribution in [0.2, 0.25) is 0 Å². The van der Waals surface area contributed by atoms with Gasteiger partial charge in [-0.25, -0.2) is 4.68 Å². The van der Waals surface area contributed by atoms with Crippen molar-refractivity contribution in [3.63, 3.8) is 0 Å². The van der Waals surface area contributed by atoms with Gasteiger partial charge < -0.3 is 4.74 Å². The Morgan fingerprint density at radius 1 is 0.958 bits per heavy atom. The molecule has 24 heavy (non-hydrogen) atoms. The number of nitrogens with zero attached hydrogens (tertiary/aromatic N) is 2. The molecule has 0 N–H and O–H groups in total. The number of hydrogen-bond acceptors (Lipinski definition) is 3. The molecular formula is C20H18N2O2. The van der Waals surface area contributed by atoms with Gasteiger partial charge in [0.1, 0.15) is 0 Å². The summed E-state index contributed by atoms with van der Waals surface area (Å²) < 4.78 is 6.83. The molecule has 3 atom stereocenters. The molecule has 1 aromatic heterocycles. The molecule has 3 aromatic rings. The summed E-state index contributed by atoms with van der Waals surface area (Å²) >= 11 is 0. The van der Waals surface area contributed by atoms with E-state index in [0.717, 1.165) is 11.3 Å². The zero-order valence-electron chi connectivity index (χ0n) is 13.4. The molecular weight excluding hydrogens is 300 g/mol. The van der Waals surface area contributed by atoms with Crippen LogP contribution in [0.5, 0.6) is 0 Å². The number of aromatic nitrogens is 2. The molecule has 1 aliphatic rings. The van der Waals surface area contributed by atoms with E-state index in [2.05, 4.69) is 29.4 Å². The van der Waals surface area contributed by atoms with Crippen molar-refractivity contribution in [3.8, 4) is 5.69 Å². The van der Waals surface area contributed by atoms with Crippen molar-refractivity contribution in [1.29, 1.82) is 0 Å². The first-order valence-corrected chi connectivity index (χ1v) is 8.02. The van der Waals surface area contributed by atoms with Crippen LogP contribution in [-0.4, -0.2) is 22.9 Å². The summed E-state index contributed by atoms with van der Waals surface area (Å²) in [5.41, 5.74) is 3.36. The van der Waals surface area contributed by atoms with Crippen molar-refractivity contribution in [2.24, 2.45) is 5.92 Å². The number of hydrogen-bond donors (Lipinski definition) is 0. The zero-order valence-corrected chi connectivity index (χ0v) is 13.4. The number of benzene rings is 2. The van der Waals surface area contributed by atoms with Gasteiger partial charge in [-0.15, -0.1) is 0 Å². The molecule has 0 bridgehead atoms. The van der Waals surface area contributed by atoms with Crippen LogP contribution in [0.15, 0.2) is 73.1 Å². The van der Waals surface area contributed by atoms with Crippen LogP contribution in [0, 0.1) is 5.92 Å². The Morgan fingerprint density at radius 3 is 2.21 bits per heavy atom. The lowest BCUT2D eigenvalue weighted by Crippen LogP contribution is -2.05. The van der Waals surface area contributed by atoms with E-state index in [1.54, 1.807) is 6.20 Å². The highest BCUT2D eigenvalue weighted by Gasteiger charge is 2.56. The highest BCUT2D eigenvalue weighted by Crippen LogP contribution is 2.60. The summed E-state index contributed by atoms with van der Waals surface area (Å²) in [6.45, 7) is 0. The van der Waals surface area contributed by atoms with Crippen LogP contribution in [0.1, 0.15) is 23.0 Å². The molecule has 4 rings (SSSR count). The van der Waals surface area contributed by atoms with E-state index in [4.69, 9.17) is 4.74 Å². The highest BCUT2D eigenvalue weighted by atomic mass is 16.5. The predicted molar refractivity (Wildman–Crippen MR) is 91.0 cm³/mol. The number of rotatable bonds is 4. The summed E-state index contributed by atoms with van der Waals surface area (Å²) in [4.78, 5) is 12.2. The summed E-state index contributed by atoms with van der Waals surface area (Å²) in [5, 5.41) is 4.24. The Morgan fingerprint density at radius 2 is 1.62 bits per heavy atom. The zero-order chi connectivity index (χ0) is 16.5. The third-order valence-corrected chi connectivity index (χ3v) is 4.72. The molecule has 0 amide bonds. The van der Waals surface area contributed by atoms with E-state index in [0.29, 0.717) is 0 Å². The second-order valence-corrected chi connectivity index (χ2v) is 6.05. The van der Waals surface area contributed by atoms with Gasteiger partial charge in [-0.1, -0.05) is 42.5 Å². The number of carbonyl (C=O) groups excluding carboxylic acids is 1. The SMILES string of the molecule is COC(=O)[C@@H]1[C@H](c2ccccc2)[C@H]1c1ccc(-n2cccn2)cc1. The minimum atomic E-state index is -0.134. The average molecular weight is 318 g/mol. The van der Waals surface area contributed by atoms with Crippen LogP contribution >= 0.6 is 0 Å². The monoisotopic (exact) mass is 318 g/mol. The fourth-order valence-corrected chi connectivity index (χ4v) is 3.52. The van der Waals surface area contributed by atoms with Gasteiger partial charge in [0.2, 0.25) is 0 Å². The van der Waals surface area contributed by atoms with Crippen LogP contribution in [0.4, 0.5) is 0 Å². The maximum absolute atomic E-state index is 12.2. The molecule has 0 spiro atoms. The second-order valence-electron chi connectivity index (χ2n) is 6.05. The first kappa shape index (κ1) is 14.7. The molecule has 4 heteroatoms. The van der Waals surface area contributed by atoms with Crippen LogP contribution in [0.3, 0.4) is 0 Å². The van der Waals surface area contributed by atoms with Gasteiger partial charge in [0, 0.05) is 24.2 Å². The van der Waals surface area contributed by atoms with E-state index in [9.17, 15) is 4.79 Å². The topological polar surface area (TPSA) is 44.1 Å². The van der Waals surface area contributed by atoms with Crippen LogP contribution < -0.4 is 0 Å². The standard InChI is InChI=1S/C20H18N2O2/c1-24-20(23)19-17(14-6-3-2-4-7-14)18(19)15-8-10-16(11-9-15)22-13-5-12-21-22/h2-13,17-19H,1H3/t17-,18-,19-/m1/s1. The molecule has 1 aliphatic carbocycles. The molecule has 2 aromatic carbocycles. The Labute approximate surface area is 140 Å². The lowest BCUT2D eigenvalue weighted by Gasteiger charge is -2.04. The van der Waals surface area contributed by atoms with Gasteiger partial charge in [-0.2, -0.15) is 5.10 Å². The van der Waals surface area contributed by atoms with Crippen molar-refractivity contribution in [2.75, 3.05) is 7.11 Å². The minimum absolute atomic E-state index is 0.104. The molecule has 0 saturated heterocycles. The van der Waals surface area contributed by atoms with Gasteiger partial charge in [0.25, 0.3) is 0 Å². The van der Waals surface area contributed by atoms with Gasteiger partial charge >= 0.3 is 5.97 Å². The van der Waals surface area contributed by atoms with Crippen molar-refractivity contribution in [3.05, 3.63) is 84.2 Å². The number of methoxy groups -OCH3 is 1. The minimum Gasteiger partial charge on any atom is -0.469 e. The predicted octanol–water partition coefficient (Wildman–Crippen LogP) is 3.54. The molecule has 0 unspecified atom stereocenters. The van der Waals surface area contributed by atoms with E-state index >= 15 is 0 Å². The number of carbonyl (C=O) groups is 1. The smallest absolute Gasteiger partial charge is 0.309 e. The van der Waals surface area contributed by atoms with Crippen molar-refractivity contribution < 1.29 is 9.53 Å². The second kappa shape index (κ2) is 5.96. The van der Waals surface area contributed by atoms with Gasteiger partial charge in [0.05, 0.1) is 18.7 Å². The fourth-order valence-electron chi connectivity index (χ4n) is 3.52. The Balaban J connectivity index is 1.63. The maximum atomic E-state index is 12.2. The van der Waals surface area contributed by atoms with E-state index in [1.165, 1.54) is 12.7 Å². The van der Waals surface area contributed by atoms with Crippen molar-refractivity contribution >= 4 is 5.97 Å². The normalized spacial score (nSPS) is 22.1. The van der Waals surface area contributed by atoms with Crippen molar-refractivity contribution in [1.82, 2.24) is 9.78 Å². The van der Waals surface area contributed by atoms with Crippen LogP contribution in [-0.2, 0) is 9.53 Å². The highest BCUT2D eigenvalue weighted by molar-refractivity contribution is 5.80. The molecule has 120 valence electrons. The van der Waals surface area contributed by atoms with Crippen LogP contribution in [0.25, 0.3) is 5.69 Å². The Kier molecular flexibility index (Phi) is 3.65. The number of esters is 1. The first-order valence-electron chi connectivity index (χ1n) is 8.02. The van der Waals surface area contributed by atoms with Gasteiger partial charge in [0.15, 0.2) is 0 Å². The lowest BCUT2D eigenvalue weighted by atomic mass is 10.0. The molecule has 1 saturated carbocycles.